The number of hydrogen-bond donors (Lipinski definition) is 1. The second kappa shape index (κ2) is 7.80. The van der Waals surface area contributed by atoms with Crippen molar-refractivity contribution in [1.29, 1.82) is 0 Å². The molecule has 0 radical (unpaired) electrons. The standard InChI is InChI=1S/C17H17N5O2S/c18-16-19-20-17(25-11-10-13-4-2-1-3-5-13)21(16)12-14-6-8-15(9-7-14)22(23)24/h1-9H,10-12H2,(H2,18,19). The first-order valence-electron chi connectivity index (χ1n) is 7.72. The molecular weight excluding hydrogens is 338 g/mol. The van der Waals surface area contributed by atoms with Crippen LogP contribution in [0.3, 0.4) is 0 Å². The van der Waals surface area contributed by atoms with Crippen molar-refractivity contribution in [2.24, 2.45) is 0 Å². The molecule has 128 valence electrons. The number of benzene rings is 2. The largest absolute Gasteiger partial charge is 0.368 e. The normalized spacial score (nSPS) is 10.7. The van der Waals surface area contributed by atoms with Crippen LogP contribution in [0.4, 0.5) is 11.6 Å². The number of aromatic nitrogens is 3. The van der Waals surface area contributed by atoms with E-state index in [2.05, 4.69) is 22.3 Å². The molecule has 0 spiro atoms. The zero-order valence-electron chi connectivity index (χ0n) is 13.4. The molecule has 0 bridgehead atoms. The Balaban J connectivity index is 1.65. The highest BCUT2D eigenvalue weighted by molar-refractivity contribution is 7.99. The van der Waals surface area contributed by atoms with Gasteiger partial charge in [0.05, 0.1) is 11.5 Å². The summed E-state index contributed by atoms with van der Waals surface area (Å²) in [5.74, 6) is 1.20. The fraction of sp³-hybridized carbons (Fsp3) is 0.176. The van der Waals surface area contributed by atoms with Gasteiger partial charge in [-0.1, -0.05) is 54.2 Å². The number of nitro groups is 1. The van der Waals surface area contributed by atoms with Crippen LogP contribution in [0.1, 0.15) is 11.1 Å². The Kier molecular flexibility index (Phi) is 5.30. The van der Waals surface area contributed by atoms with E-state index in [1.54, 1.807) is 23.9 Å². The summed E-state index contributed by atoms with van der Waals surface area (Å²) in [6.45, 7) is 0.477. The molecule has 2 aromatic carbocycles. The number of aryl methyl sites for hydroxylation is 1. The highest BCUT2D eigenvalue weighted by Gasteiger charge is 2.12. The average Bonchev–Trinajstić information content (AvgIpc) is 2.97. The van der Waals surface area contributed by atoms with Gasteiger partial charge in [-0.2, -0.15) is 0 Å². The van der Waals surface area contributed by atoms with Crippen LogP contribution in [0.25, 0.3) is 0 Å². The molecule has 3 aromatic rings. The second-order valence-corrected chi connectivity index (χ2v) is 6.50. The predicted molar refractivity (Wildman–Crippen MR) is 97.5 cm³/mol. The molecule has 3 rings (SSSR count). The van der Waals surface area contributed by atoms with Gasteiger partial charge in [0.25, 0.3) is 5.69 Å². The molecule has 0 atom stereocenters. The maximum absolute atomic E-state index is 10.7. The number of anilines is 1. The van der Waals surface area contributed by atoms with Crippen molar-refractivity contribution in [2.75, 3.05) is 11.5 Å². The molecule has 0 saturated carbocycles. The lowest BCUT2D eigenvalue weighted by Crippen LogP contribution is -2.06. The highest BCUT2D eigenvalue weighted by atomic mass is 32.2. The Morgan fingerprint density at radius 1 is 1.04 bits per heavy atom. The van der Waals surface area contributed by atoms with Gasteiger partial charge in [0.2, 0.25) is 5.95 Å². The molecular formula is C17H17N5O2S. The number of non-ortho nitro benzene ring substituents is 1. The summed E-state index contributed by atoms with van der Waals surface area (Å²) in [4.78, 5) is 10.3. The molecule has 1 aromatic heterocycles. The number of thioether (sulfide) groups is 1. The summed E-state index contributed by atoms with van der Waals surface area (Å²) >= 11 is 1.59. The first-order chi connectivity index (χ1) is 12.1. The van der Waals surface area contributed by atoms with E-state index >= 15 is 0 Å². The zero-order valence-corrected chi connectivity index (χ0v) is 14.2. The summed E-state index contributed by atoms with van der Waals surface area (Å²) < 4.78 is 1.82. The number of nitrogens with zero attached hydrogens (tertiary/aromatic N) is 4. The molecule has 2 N–H and O–H groups in total. The molecule has 7 nitrogen and oxygen atoms in total. The molecule has 8 heteroatoms. The Labute approximate surface area is 149 Å². The minimum absolute atomic E-state index is 0.0675. The van der Waals surface area contributed by atoms with Gasteiger partial charge >= 0.3 is 0 Å². The first kappa shape index (κ1) is 17.0. The van der Waals surface area contributed by atoms with Crippen LogP contribution in [0, 0.1) is 10.1 Å². The van der Waals surface area contributed by atoms with E-state index in [1.165, 1.54) is 17.7 Å². The lowest BCUT2D eigenvalue weighted by atomic mass is 10.2. The first-order valence-corrected chi connectivity index (χ1v) is 8.71. The number of rotatable bonds is 7. The van der Waals surface area contributed by atoms with E-state index in [0.717, 1.165) is 22.9 Å². The average molecular weight is 355 g/mol. The third-order valence-corrected chi connectivity index (χ3v) is 4.67. The lowest BCUT2D eigenvalue weighted by Gasteiger charge is -2.08. The molecule has 0 unspecified atom stereocenters. The third kappa shape index (κ3) is 4.36. The minimum Gasteiger partial charge on any atom is -0.368 e. The van der Waals surface area contributed by atoms with Crippen molar-refractivity contribution in [1.82, 2.24) is 14.8 Å². The van der Waals surface area contributed by atoms with Gasteiger partial charge in [-0.3, -0.25) is 14.7 Å². The minimum atomic E-state index is -0.415. The van der Waals surface area contributed by atoms with E-state index < -0.39 is 4.92 Å². The van der Waals surface area contributed by atoms with Gasteiger partial charge in [0.15, 0.2) is 5.16 Å². The van der Waals surface area contributed by atoms with E-state index in [0.29, 0.717) is 12.5 Å². The smallest absolute Gasteiger partial charge is 0.269 e. The summed E-state index contributed by atoms with van der Waals surface area (Å²) in [7, 11) is 0. The Bertz CT molecular complexity index is 849. The van der Waals surface area contributed by atoms with Crippen molar-refractivity contribution >= 4 is 23.4 Å². The lowest BCUT2D eigenvalue weighted by molar-refractivity contribution is -0.384. The molecule has 25 heavy (non-hydrogen) atoms. The van der Waals surface area contributed by atoms with E-state index in [9.17, 15) is 10.1 Å². The maximum Gasteiger partial charge on any atom is 0.269 e. The van der Waals surface area contributed by atoms with Gasteiger partial charge in [-0.05, 0) is 17.5 Å². The highest BCUT2D eigenvalue weighted by Crippen LogP contribution is 2.21. The topological polar surface area (TPSA) is 99.9 Å². The maximum atomic E-state index is 10.7. The van der Waals surface area contributed by atoms with Crippen molar-refractivity contribution in [3.63, 3.8) is 0 Å². The second-order valence-electron chi connectivity index (χ2n) is 5.43. The molecule has 0 aliphatic rings. The molecule has 0 aliphatic carbocycles. The summed E-state index contributed by atoms with van der Waals surface area (Å²) in [6.07, 6.45) is 0.926. The number of nitro benzene ring substituents is 1. The van der Waals surface area contributed by atoms with Crippen LogP contribution in [0.2, 0.25) is 0 Å². The van der Waals surface area contributed by atoms with Crippen molar-refractivity contribution in [2.45, 2.75) is 18.1 Å². The van der Waals surface area contributed by atoms with Crippen molar-refractivity contribution < 1.29 is 4.92 Å². The predicted octanol–water partition coefficient (Wildman–Crippen LogP) is 3.15. The number of nitrogen functional groups attached to an aromatic ring is 1. The van der Waals surface area contributed by atoms with Crippen LogP contribution in [-0.4, -0.2) is 25.4 Å². The van der Waals surface area contributed by atoms with Crippen LogP contribution < -0.4 is 5.73 Å². The zero-order chi connectivity index (χ0) is 17.6. The van der Waals surface area contributed by atoms with E-state index in [1.807, 2.05) is 22.8 Å². The van der Waals surface area contributed by atoms with Crippen LogP contribution in [0.5, 0.6) is 0 Å². The Morgan fingerprint density at radius 3 is 2.44 bits per heavy atom. The number of nitrogens with two attached hydrogens (primary N) is 1. The van der Waals surface area contributed by atoms with Gasteiger partial charge < -0.3 is 5.73 Å². The van der Waals surface area contributed by atoms with E-state index in [-0.39, 0.29) is 5.69 Å². The van der Waals surface area contributed by atoms with E-state index in [4.69, 9.17) is 5.73 Å². The molecule has 0 fully saturated rings. The molecule has 0 aliphatic heterocycles. The Hall–Kier alpha value is -2.87. The van der Waals surface area contributed by atoms with Crippen molar-refractivity contribution in [3.8, 4) is 0 Å². The van der Waals surface area contributed by atoms with Gasteiger partial charge in [0.1, 0.15) is 0 Å². The molecule has 1 heterocycles. The summed E-state index contributed by atoms with van der Waals surface area (Å²) in [5, 5.41) is 19.5. The van der Waals surface area contributed by atoms with Crippen LogP contribution >= 0.6 is 11.8 Å². The molecule has 0 saturated heterocycles. The van der Waals surface area contributed by atoms with Crippen LogP contribution in [-0.2, 0) is 13.0 Å². The molecule has 0 amide bonds. The summed E-state index contributed by atoms with van der Waals surface area (Å²) in [6, 6.07) is 16.6. The van der Waals surface area contributed by atoms with Crippen molar-refractivity contribution in [3.05, 3.63) is 75.8 Å². The SMILES string of the molecule is Nc1nnc(SCCc2ccccc2)n1Cc1ccc([N+](=O)[O-])cc1. The Morgan fingerprint density at radius 2 is 1.76 bits per heavy atom. The third-order valence-electron chi connectivity index (χ3n) is 3.70. The fourth-order valence-corrected chi connectivity index (χ4v) is 3.30. The fourth-order valence-electron chi connectivity index (χ4n) is 2.37. The van der Waals surface area contributed by atoms with Gasteiger partial charge in [-0.15, -0.1) is 10.2 Å². The van der Waals surface area contributed by atoms with Gasteiger partial charge in [0, 0.05) is 17.9 Å². The van der Waals surface area contributed by atoms with Crippen LogP contribution in [0.15, 0.2) is 59.8 Å². The monoisotopic (exact) mass is 355 g/mol. The quantitative estimate of drug-likeness (QED) is 0.397. The summed E-state index contributed by atoms with van der Waals surface area (Å²) in [5.41, 5.74) is 8.16. The van der Waals surface area contributed by atoms with Gasteiger partial charge in [-0.25, -0.2) is 0 Å². The number of hydrogen-bond acceptors (Lipinski definition) is 6.